The highest BCUT2D eigenvalue weighted by Crippen LogP contribution is 2.44. The number of halogens is 1. The van der Waals surface area contributed by atoms with Gasteiger partial charge in [0.15, 0.2) is 5.11 Å². The summed E-state index contributed by atoms with van der Waals surface area (Å²) in [6.07, 6.45) is 2.92. The van der Waals surface area contributed by atoms with Gasteiger partial charge in [-0.1, -0.05) is 23.7 Å². The Morgan fingerprint density at radius 1 is 1.00 bits per heavy atom. The van der Waals surface area contributed by atoms with E-state index in [1.807, 2.05) is 61.5 Å². The van der Waals surface area contributed by atoms with E-state index in [9.17, 15) is 8.42 Å². The first-order valence-electron chi connectivity index (χ1n) is 12.1. The molecule has 1 fully saturated rings. The van der Waals surface area contributed by atoms with Crippen LogP contribution in [0.25, 0.3) is 5.69 Å². The van der Waals surface area contributed by atoms with Gasteiger partial charge in [-0.2, -0.15) is 0 Å². The van der Waals surface area contributed by atoms with Crippen LogP contribution in [0, 0.1) is 20.8 Å². The highest BCUT2D eigenvalue weighted by molar-refractivity contribution is 7.92. The second kappa shape index (κ2) is 10.1. The molecular formula is C28H28ClN5O2S2. The van der Waals surface area contributed by atoms with Crippen LogP contribution < -0.4 is 14.9 Å². The molecule has 0 aliphatic carbocycles. The highest BCUT2D eigenvalue weighted by atomic mass is 35.5. The van der Waals surface area contributed by atoms with Gasteiger partial charge in [0.1, 0.15) is 0 Å². The van der Waals surface area contributed by atoms with Crippen molar-refractivity contribution in [1.82, 2.24) is 14.9 Å². The molecule has 0 radical (unpaired) electrons. The maximum atomic E-state index is 11.8. The number of sulfonamides is 1. The Morgan fingerprint density at radius 2 is 1.79 bits per heavy atom. The minimum absolute atomic E-state index is 0.203. The van der Waals surface area contributed by atoms with Crippen molar-refractivity contribution in [3.05, 3.63) is 106 Å². The van der Waals surface area contributed by atoms with E-state index in [4.69, 9.17) is 23.8 Å². The lowest BCUT2D eigenvalue weighted by Crippen LogP contribution is -2.29. The van der Waals surface area contributed by atoms with E-state index < -0.39 is 10.0 Å². The number of hydrogen-bond donors (Lipinski definition) is 2. The molecule has 0 saturated carbocycles. The Bertz CT molecular complexity index is 1640. The number of rotatable bonds is 6. The summed E-state index contributed by atoms with van der Waals surface area (Å²) >= 11 is 12.2. The number of aryl methyl sites for hydroxylation is 2. The number of aromatic nitrogens is 2. The summed E-state index contributed by atoms with van der Waals surface area (Å²) in [6.45, 7) is 6.05. The zero-order chi connectivity index (χ0) is 27.2. The maximum Gasteiger partial charge on any atom is 0.229 e. The molecular weight excluding hydrogens is 538 g/mol. The lowest BCUT2D eigenvalue weighted by molar-refractivity contribution is 0.565. The van der Waals surface area contributed by atoms with Crippen molar-refractivity contribution < 1.29 is 8.42 Å². The molecule has 2 atom stereocenters. The van der Waals surface area contributed by atoms with E-state index in [2.05, 4.69) is 44.4 Å². The molecule has 5 rings (SSSR count). The van der Waals surface area contributed by atoms with Gasteiger partial charge in [-0.15, -0.1) is 0 Å². The van der Waals surface area contributed by atoms with E-state index in [1.165, 1.54) is 0 Å². The second-order valence-corrected chi connectivity index (χ2v) is 12.1. The summed E-state index contributed by atoms with van der Waals surface area (Å²) < 4.78 is 28.4. The minimum atomic E-state index is -3.40. The standard InChI is InChI=1S/C28H28ClN5O2S2/c1-17-14-22(11-12-24(17)32-38(4,35)36)34-27(26(31-28(34)37)25-10-5-6-13-30-25)23-15-18(2)33(19(23)3)21-9-7-8-20(29)16-21/h5-16,26-27,32H,1-4H3,(H,31,37)/t26-,27-/m0/s1. The van der Waals surface area contributed by atoms with Crippen molar-refractivity contribution in [2.24, 2.45) is 0 Å². The fourth-order valence-corrected chi connectivity index (χ4v) is 6.32. The topological polar surface area (TPSA) is 79.3 Å². The van der Waals surface area contributed by atoms with Crippen molar-refractivity contribution in [1.29, 1.82) is 0 Å². The van der Waals surface area contributed by atoms with Crippen LogP contribution in [-0.2, 0) is 10.0 Å². The van der Waals surface area contributed by atoms with Gasteiger partial charge < -0.3 is 14.8 Å². The second-order valence-electron chi connectivity index (χ2n) is 9.51. The first kappa shape index (κ1) is 26.2. The Balaban J connectivity index is 1.65. The van der Waals surface area contributed by atoms with E-state index in [0.29, 0.717) is 15.8 Å². The van der Waals surface area contributed by atoms with Crippen molar-refractivity contribution >= 4 is 50.3 Å². The summed E-state index contributed by atoms with van der Waals surface area (Å²) in [4.78, 5) is 6.74. The largest absolute Gasteiger partial charge is 0.351 e. The predicted molar refractivity (Wildman–Crippen MR) is 158 cm³/mol. The fourth-order valence-electron chi connectivity index (χ4n) is 5.16. The van der Waals surface area contributed by atoms with Crippen LogP contribution >= 0.6 is 23.8 Å². The minimum Gasteiger partial charge on any atom is -0.351 e. The fraction of sp³-hybridized carbons (Fsp3) is 0.214. The lowest BCUT2D eigenvalue weighted by Gasteiger charge is -2.29. The average Bonchev–Trinajstić information content (AvgIpc) is 3.35. The van der Waals surface area contributed by atoms with Gasteiger partial charge in [0.05, 0.1) is 29.7 Å². The molecule has 1 aliphatic heterocycles. The molecule has 1 aliphatic rings. The Kier molecular flexibility index (Phi) is 6.94. The zero-order valence-electron chi connectivity index (χ0n) is 21.4. The normalized spacial score (nSPS) is 17.5. The number of anilines is 2. The molecule has 0 amide bonds. The summed E-state index contributed by atoms with van der Waals surface area (Å²) in [5, 5.41) is 4.74. The number of nitrogens with one attached hydrogen (secondary N) is 2. The van der Waals surface area contributed by atoms with E-state index in [-0.39, 0.29) is 12.1 Å². The molecule has 1 saturated heterocycles. The number of benzene rings is 2. The smallest absolute Gasteiger partial charge is 0.229 e. The Labute approximate surface area is 233 Å². The van der Waals surface area contributed by atoms with Crippen LogP contribution in [0.4, 0.5) is 11.4 Å². The first-order chi connectivity index (χ1) is 18.0. The Hall–Kier alpha value is -3.40. The Morgan fingerprint density at radius 3 is 2.45 bits per heavy atom. The molecule has 0 spiro atoms. The number of pyridine rings is 1. The van der Waals surface area contributed by atoms with Crippen molar-refractivity contribution in [3.63, 3.8) is 0 Å². The number of hydrogen-bond acceptors (Lipinski definition) is 4. The molecule has 2 aromatic carbocycles. The van der Waals surface area contributed by atoms with Gasteiger partial charge in [-0.3, -0.25) is 9.71 Å². The summed E-state index contributed by atoms with van der Waals surface area (Å²) in [5.41, 5.74) is 7.28. The molecule has 0 bridgehead atoms. The molecule has 3 heterocycles. The molecule has 7 nitrogen and oxygen atoms in total. The molecule has 10 heteroatoms. The van der Waals surface area contributed by atoms with Crippen LogP contribution in [0.1, 0.15) is 40.3 Å². The monoisotopic (exact) mass is 565 g/mol. The van der Waals surface area contributed by atoms with E-state index in [0.717, 1.165) is 45.8 Å². The van der Waals surface area contributed by atoms with Crippen LogP contribution in [-0.4, -0.2) is 29.3 Å². The summed E-state index contributed by atoms with van der Waals surface area (Å²) in [7, 11) is -3.40. The predicted octanol–water partition coefficient (Wildman–Crippen LogP) is 6.00. The first-order valence-corrected chi connectivity index (χ1v) is 14.7. The van der Waals surface area contributed by atoms with Crippen molar-refractivity contribution in [2.75, 3.05) is 15.9 Å². The highest BCUT2D eigenvalue weighted by Gasteiger charge is 2.42. The zero-order valence-corrected chi connectivity index (χ0v) is 23.8. The lowest BCUT2D eigenvalue weighted by atomic mass is 9.96. The molecule has 2 aromatic heterocycles. The SMILES string of the molecule is Cc1cc(N2C(=S)N[C@@H](c3ccccn3)[C@@H]2c2cc(C)n(-c3cccc(Cl)c3)c2C)ccc1NS(C)(=O)=O. The van der Waals surface area contributed by atoms with Crippen LogP contribution in [0.5, 0.6) is 0 Å². The van der Waals surface area contributed by atoms with Crippen LogP contribution in [0.2, 0.25) is 5.02 Å². The molecule has 4 aromatic rings. The van der Waals surface area contributed by atoms with Gasteiger partial charge in [-0.05, 0) is 98.7 Å². The average molecular weight is 566 g/mol. The van der Waals surface area contributed by atoms with Crippen molar-refractivity contribution in [2.45, 2.75) is 32.9 Å². The third-order valence-corrected chi connectivity index (χ3v) is 7.88. The van der Waals surface area contributed by atoms with Gasteiger partial charge in [-0.25, -0.2) is 8.42 Å². The quantitative estimate of drug-likeness (QED) is 0.279. The van der Waals surface area contributed by atoms with Crippen LogP contribution in [0.3, 0.4) is 0 Å². The third kappa shape index (κ3) is 5.01. The van der Waals surface area contributed by atoms with Crippen LogP contribution in [0.15, 0.2) is 72.9 Å². The number of nitrogens with zero attached hydrogens (tertiary/aromatic N) is 3. The van der Waals surface area contributed by atoms with Gasteiger partial charge in [0, 0.05) is 34.0 Å². The van der Waals surface area contributed by atoms with E-state index in [1.54, 1.807) is 12.3 Å². The molecule has 2 N–H and O–H groups in total. The van der Waals surface area contributed by atoms with Gasteiger partial charge in [0.2, 0.25) is 10.0 Å². The molecule has 196 valence electrons. The summed E-state index contributed by atoms with van der Waals surface area (Å²) in [6, 6.07) is 21.1. The van der Waals surface area contributed by atoms with Crippen molar-refractivity contribution in [3.8, 4) is 5.69 Å². The summed E-state index contributed by atoms with van der Waals surface area (Å²) in [5.74, 6) is 0. The van der Waals surface area contributed by atoms with E-state index >= 15 is 0 Å². The molecule has 38 heavy (non-hydrogen) atoms. The van der Waals surface area contributed by atoms with Gasteiger partial charge in [0.25, 0.3) is 0 Å². The number of thiocarbonyl (C=S) groups is 1. The maximum absolute atomic E-state index is 11.8. The third-order valence-electron chi connectivity index (χ3n) is 6.74. The van der Waals surface area contributed by atoms with Gasteiger partial charge >= 0.3 is 0 Å². The molecule has 0 unspecified atom stereocenters.